The van der Waals surface area contributed by atoms with Crippen LogP contribution in [0.15, 0.2) is 12.3 Å². The van der Waals surface area contributed by atoms with Crippen LogP contribution in [-0.2, 0) is 11.0 Å². The second-order valence-corrected chi connectivity index (χ2v) is 3.03. The summed E-state index contributed by atoms with van der Waals surface area (Å²) in [6.45, 7) is 0. The fourth-order valence-electron chi connectivity index (χ4n) is 0.820. The smallest absolute Gasteiger partial charge is 0.359 e. The van der Waals surface area contributed by atoms with Crippen LogP contribution in [0.3, 0.4) is 0 Å². The number of pyridine rings is 1. The maximum absolute atomic E-state index is 12.3. The third-order valence-corrected chi connectivity index (χ3v) is 1.79. The molecule has 0 aromatic carbocycles. The third-order valence-electron chi connectivity index (χ3n) is 1.49. The molecule has 0 radical (unpaired) electrons. The van der Waals surface area contributed by atoms with Gasteiger partial charge in [0.15, 0.2) is 0 Å². The number of carbonyl (C=O) groups excluding carboxylic acids is 1. The number of nitrogens with two attached hydrogens (primary N) is 1. The second kappa shape index (κ2) is 4.41. The summed E-state index contributed by atoms with van der Waals surface area (Å²) in [6, 6.07) is 0.700. The van der Waals surface area contributed by atoms with E-state index < -0.39 is 17.6 Å². The predicted octanol–water partition coefficient (Wildman–Crippen LogP) is 1.59. The monoisotopic (exact) mass is 248 g/mol. The lowest BCUT2D eigenvalue weighted by molar-refractivity contribution is -0.137. The van der Waals surface area contributed by atoms with Gasteiger partial charge in [-0.15, -0.1) is 0 Å². The van der Waals surface area contributed by atoms with Crippen LogP contribution in [0.4, 0.5) is 13.2 Å². The minimum Gasteiger partial charge on any atom is -0.359 e. The summed E-state index contributed by atoms with van der Waals surface area (Å²) in [7, 11) is 0. The molecule has 0 saturated heterocycles. The second-order valence-electron chi connectivity index (χ2n) is 2.67. The molecule has 0 aliphatic carbocycles. The average molecular weight is 249 g/mol. The first-order chi connectivity index (χ1) is 7.30. The summed E-state index contributed by atoms with van der Waals surface area (Å²) in [6.07, 6.45) is -3.96. The fraction of sp³-hybridized carbons (Fsp3) is 0.111. The van der Waals surface area contributed by atoms with Crippen LogP contribution in [0.2, 0.25) is 5.15 Å². The molecule has 0 bridgehead atoms. The van der Waals surface area contributed by atoms with Gasteiger partial charge in [-0.2, -0.15) is 13.2 Å². The average Bonchev–Trinajstić information content (AvgIpc) is 2.14. The van der Waals surface area contributed by atoms with E-state index in [0.717, 1.165) is 0 Å². The number of amides is 1. The summed E-state index contributed by atoms with van der Waals surface area (Å²) in [4.78, 5) is 13.6. The Morgan fingerprint density at radius 3 is 2.62 bits per heavy atom. The van der Waals surface area contributed by atoms with Gasteiger partial charge in [0, 0.05) is 12.1 Å². The predicted molar refractivity (Wildman–Crippen MR) is 50.3 cm³/mol. The fourth-order valence-corrected chi connectivity index (χ4v) is 0.970. The van der Waals surface area contributed by atoms with Crippen molar-refractivity contribution in [2.75, 3.05) is 0 Å². The number of aromatic nitrogens is 1. The van der Waals surface area contributed by atoms with Gasteiger partial charge in [-0.05, 0) is 6.07 Å². The van der Waals surface area contributed by atoms with E-state index in [1.807, 2.05) is 5.92 Å². The zero-order chi connectivity index (χ0) is 12.3. The van der Waals surface area contributed by atoms with E-state index in [4.69, 9.17) is 17.3 Å². The van der Waals surface area contributed by atoms with E-state index in [0.29, 0.717) is 12.3 Å². The Labute approximate surface area is 93.4 Å². The lowest BCUT2D eigenvalue weighted by Crippen LogP contribution is -2.07. The van der Waals surface area contributed by atoms with E-state index >= 15 is 0 Å². The number of rotatable bonds is 0. The van der Waals surface area contributed by atoms with E-state index in [-0.39, 0.29) is 10.7 Å². The molecule has 0 unspecified atom stereocenters. The molecule has 1 aromatic heterocycles. The zero-order valence-corrected chi connectivity index (χ0v) is 8.36. The van der Waals surface area contributed by atoms with Crippen LogP contribution in [-0.4, -0.2) is 10.9 Å². The van der Waals surface area contributed by atoms with Crippen LogP contribution in [0.25, 0.3) is 0 Å². The van der Waals surface area contributed by atoms with Crippen molar-refractivity contribution in [1.29, 1.82) is 0 Å². The quantitative estimate of drug-likeness (QED) is 0.560. The molecule has 0 aliphatic heterocycles. The van der Waals surface area contributed by atoms with Gasteiger partial charge in [0.1, 0.15) is 5.15 Å². The van der Waals surface area contributed by atoms with Crippen molar-refractivity contribution >= 4 is 17.5 Å². The summed E-state index contributed by atoms with van der Waals surface area (Å²) >= 11 is 5.50. The van der Waals surface area contributed by atoms with E-state index in [1.54, 1.807) is 0 Å². The number of primary amides is 1. The highest BCUT2D eigenvalue weighted by molar-refractivity contribution is 6.30. The van der Waals surface area contributed by atoms with Crippen LogP contribution in [0.1, 0.15) is 11.1 Å². The highest BCUT2D eigenvalue weighted by atomic mass is 35.5. The molecule has 0 saturated carbocycles. The molecule has 1 heterocycles. The molecule has 1 rings (SSSR count). The molecule has 1 amide bonds. The first kappa shape index (κ1) is 12.3. The van der Waals surface area contributed by atoms with Crippen LogP contribution >= 0.6 is 11.6 Å². The van der Waals surface area contributed by atoms with Crippen molar-refractivity contribution < 1.29 is 18.0 Å². The Morgan fingerprint density at radius 1 is 1.50 bits per heavy atom. The number of nitrogens with zero attached hydrogens (tertiary/aromatic N) is 1. The SMILES string of the molecule is NC(=O)C#Cc1cc(C(F)(F)F)cnc1Cl. The van der Waals surface area contributed by atoms with Crippen molar-refractivity contribution in [3.05, 3.63) is 28.5 Å². The lowest BCUT2D eigenvalue weighted by atomic mass is 10.2. The van der Waals surface area contributed by atoms with Gasteiger partial charge in [-0.25, -0.2) is 4.98 Å². The van der Waals surface area contributed by atoms with Gasteiger partial charge in [-0.1, -0.05) is 17.5 Å². The van der Waals surface area contributed by atoms with Crippen molar-refractivity contribution in [3.8, 4) is 11.8 Å². The number of alkyl halides is 3. The highest BCUT2D eigenvalue weighted by Crippen LogP contribution is 2.30. The maximum atomic E-state index is 12.3. The molecule has 84 valence electrons. The molecule has 16 heavy (non-hydrogen) atoms. The lowest BCUT2D eigenvalue weighted by Gasteiger charge is -2.06. The summed E-state index contributed by atoms with van der Waals surface area (Å²) in [5.41, 5.74) is 3.52. The van der Waals surface area contributed by atoms with Crippen molar-refractivity contribution in [1.82, 2.24) is 4.98 Å². The number of halogens is 4. The first-order valence-electron chi connectivity index (χ1n) is 3.85. The Bertz CT molecular complexity index is 488. The van der Waals surface area contributed by atoms with Crippen LogP contribution in [0, 0.1) is 11.8 Å². The largest absolute Gasteiger partial charge is 0.417 e. The normalized spacial score (nSPS) is 10.5. The summed E-state index contributed by atoms with van der Waals surface area (Å²) in [5.74, 6) is 3.02. The molecule has 0 spiro atoms. The van der Waals surface area contributed by atoms with Crippen molar-refractivity contribution in [2.24, 2.45) is 5.73 Å². The molecule has 3 nitrogen and oxygen atoms in total. The minimum absolute atomic E-state index is 0.199. The number of hydrogen-bond acceptors (Lipinski definition) is 2. The Hall–Kier alpha value is -1.74. The third kappa shape index (κ3) is 3.14. The maximum Gasteiger partial charge on any atom is 0.417 e. The molecular formula is C9H4ClF3N2O. The van der Waals surface area contributed by atoms with Crippen molar-refractivity contribution in [2.45, 2.75) is 6.18 Å². The van der Waals surface area contributed by atoms with E-state index in [2.05, 4.69) is 10.9 Å². The highest BCUT2D eigenvalue weighted by Gasteiger charge is 2.31. The zero-order valence-electron chi connectivity index (χ0n) is 7.60. The van der Waals surface area contributed by atoms with E-state index in [1.165, 1.54) is 0 Å². The standard InChI is InChI=1S/C9H4ClF3N2O/c10-8-5(1-2-7(14)16)3-6(4-15-8)9(11,12)13/h3-4H,(H2,14,16). The summed E-state index contributed by atoms with van der Waals surface area (Å²) in [5, 5.41) is -0.221. The van der Waals surface area contributed by atoms with Gasteiger partial charge >= 0.3 is 6.18 Å². The number of carbonyl (C=O) groups is 1. The van der Waals surface area contributed by atoms with Gasteiger partial charge < -0.3 is 5.73 Å². The molecule has 0 fully saturated rings. The van der Waals surface area contributed by atoms with Crippen LogP contribution < -0.4 is 5.73 Å². The van der Waals surface area contributed by atoms with Gasteiger partial charge in [0.2, 0.25) is 0 Å². The first-order valence-corrected chi connectivity index (χ1v) is 4.22. The Kier molecular flexibility index (Phi) is 3.40. The number of hydrogen-bond donors (Lipinski definition) is 1. The molecule has 0 aliphatic rings. The van der Waals surface area contributed by atoms with Gasteiger partial charge in [0.05, 0.1) is 11.1 Å². The van der Waals surface area contributed by atoms with Crippen molar-refractivity contribution in [3.63, 3.8) is 0 Å². The Morgan fingerprint density at radius 2 is 2.12 bits per heavy atom. The van der Waals surface area contributed by atoms with Gasteiger partial charge in [-0.3, -0.25) is 4.79 Å². The molecule has 1 aromatic rings. The van der Waals surface area contributed by atoms with Gasteiger partial charge in [0.25, 0.3) is 5.91 Å². The van der Waals surface area contributed by atoms with E-state index in [9.17, 15) is 18.0 Å². The summed E-state index contributed by atoms with van der Waals surface area (Å²) < 4.78 is 36.8. The van der Waals surface area contributed by atoms with Crippen LogP contribution in [0.5, 0.6) is 0 Å². The minimum atomic E-state index is -4.54. The molecule has 2 N–H and O–H groups in total. The molecular weight excluding hydrogens is 245 g/mol. The Balaban J connectivity index is 3.21. The molecule has 0 atom stereocenters. The topological polar surface area (TPSA) is 56.0 Å². The molecule has 7 heteroatoms.